The summed E-state index contributed by atoms with van der Waals surface area (Å²) in [4.78, 5) is 30.8. The van der Waals surface area contributed by atoms with Crippen molar-refractivity contribution in [3.8, 4) is 0 Å². The van der Waals surface area contributed by atoms with Crippen molar-refractivity contribution in [3.63, 3.8) is 0 Å². The Labute approximate surface area is 157 Å². The molecule has 1 N–H and O–H groups in total. The van der Waals surface area contributed by atoms with Gasteiger partial charge >= 0.3 is 0 Å². The number of nitrogens with zero attached hydrogens (tertiary/aromatic N) is 5. The van der Waals surface area contributed by atoms with Crippen LogP contribution in [-0.2, 0) is 11.3 Å². The summed E-state index contributed by atoms with van der Waals surface area (Å²) < 4.78 is 6.52. The lowest BCUT2D eigenvalue weighted by molar-refractivity contribution is 0.0720. The Morgan fingerprint density at radius 1 is 1.37 bits per heavy atom. The van der Waals surface area contributed by atoms with Gasteiger partial charge in [0.1, 0.15) is 0 Å². The van der Waals surface area contributed by atoms with E-state index < -0.39 is 0 Å². The van der Waals surface area contributed by atoms with Crippen LogP contribution in [-0.4, -0.2) is 69.5 Å². The van der Waals surface area contributed by atoms with E-state index in [9.17, 15) is 9.59 Å². The second kappa shape index (κ2) is 8.72. The summed E-state index contributed by atoms with van der Waals surface area (Å²) in [6, 6.07) is 1.87. The first-order valence-corrected chi connectivity index (χ1v) is 8.98. The summed E-state index contributed by atoms with van der Waals surface area (Å²) >= 11 is 0. The predicted octanol–water partition coefficient (Wildman–Crippen LogP) is 0.663. The summed E-state index contributed by atoms with van der Waals surface area (Å²) in [5.41, 5.74) is 1.81. The molecule has 2 aromatic rings. The Hall–Kier alpha value is -2.81. The molecule has 9 nitrogen and oxygen atoms in total. The number of carbonyl (C=O) groups excluding carboxylic acids is 2. The lowest BCUT2D eigenvalue weighted by atomic mass is 10.1. The van der Waals surface area contributed by atoms with E-state index in [1.165, 1.54) is 0 Å². The summed E-state index contributed by atoms with van der Waals surface area (Å²) in [6.45, 7) is 3.98. The van der Waals surface area contributed by atoms with Crippen molar-refractivity contribution < 1.29 is 14.3 Å². The fourth-order valence-electron chi connectivity index (χ4n) is 3.20. The van der Waals surface area contributed by atoms with E-state index in [4.69, 9.17) is 4.74 Å². The zero-order valence-corrected chi connectivity index (χ0v) is 15.6. The molecule has 3 heterocycles. The van der Waals surface area contributed by atoms with E-state index in [1.807, 2.05) is 17.9 Å². The highest BCUT2D eigenvalue weighted by atomic mass is 16.5. The minimum atomic E-state index is -0.288. The minimum absolute atomic E-state index is 0.0177. The monoisotopic (exact) mass is 372 g/mol. The minimum Gasteiger partial charge on any atom is -0.383 e. The second-order valence-electron chi connectivity index (χ2n) is 6.62. The third-order valence-corrected chi connectivity index (χ3v) is 4.52. The summed E-state index contributed by atoms with van der Waals surface area (Å²) in [6.07, 6.45) is 6.77. The van der Waals surface area contributed by atoms with E-state index >= 15 is 0 Å². The average Bonchev–Trinajstić information content (AvgIpc) is 3.31. The molecule has 1 saturated heterocycles. The molecule has 1 aliphatic heterocycles. The molecule has 9 heteroatoms. The van der Waals surface area contributed by atoms with Crippen LogP contribution in [0.15, 0.2) is 24.7 Å². The normalized spacial score (nSPS) is 16.5. The largest absolute Gasteiger partial charge is 0.383 e. The van der Waals surface area contributed by atoms with E-state index in [0.717, 1.165) is 18.4 Å². The van der Waals surface area contributed by atoms with E-state index in [0.29, 0.717) is 31.8 Å². The number of rotatable bonds is 7. The van der Waals surface area contributed by atoms with Crippen molar-refractivity contribution in [2.45, 2.75) is 32.4 Å². The van der Waals surface area contributed by atoms with Crippen LogP contribution in [0.1, 0.15) is 39.3 Å². The fourth-order valence-corrected chi connectivity index (χ4v) is 3.20. The molecule has 2 amide bonds. The first-order chi connectivity index (χ1) is 13.1. The number of amides is 2. The van der Waals surface area contributed by atoms with Crippen molar-refractivity contribution in [1.82, 2.24) is 30.2 Å². The molecule has 2 aromatic heterocycles. The van der Waals surface area contributed by atoms with Crippen molar-refractivity contribution in [1.29, 1.82) is 0 Å². The Morgan fingerprint density at radius 2 is 2.22 bits per heavy atom. The van der Waals surface area contributed by atoms with E-state index in [-0.39, 0.29) is 23.6 Å². The van der Waals surface area contributed by atoms with Gasteiger partial charge in [0.2, 0.25) is 0 Å². The van der Waals surface area contributed by atoms with Crippen LogP contribution in [0.25, 0.3) is 0 Å². The van der Waals surface area contributed by atoms with Crippen molar-refractivity contribution in [2.75, 3.05) is 26.8 Å². The lowest BCUT2D eigenvalue weighted by Gasteiger charge is -2.24. The lowest BCUT2D eigenvalue weighted by Crippen LogP contribution is -2.38. The van der Waals surface area contributed by atoms with Crippen LogP contribution < -0.4 is 5.32 Å². The molecule has 3 rings (SSSR count). The molecule has 0 aromatic carbocycles. The number of aryl methyl sites for hydroxylation is 1. The van der Waals surface area contributed by atoms with E-state index in [1.54, 1.807) is 30.4 Å². The van der Waals surface area contributed by atoms with Crippen molar-refractivity contribution in [3.05, 3.63) is 41.5 Å². The highest BCUT2D eigenvalue weighted by Gasteiger charge is 2.30. The van der Waals surface area contributed by atoms with Gasteiger partial charge in [-0.15, -0.1) is 5.10 Å². The van der Waals surface area contributed by atoms with Gasteiger partial charge in [-0.25, -0.2) is 4.68 Å². The fraction of sp³-hybridized carbons (Fsp3) is 0.500. The second-order valence-corrected chi connectivity index (χ2v) is 6.62. The van der Waals surface area contributed by atoms with Crippen molar-refractivity contribution in [2.24, 2.45) is 0 Å². The maximum atomic E-state index is 12.8. The molecule has 0 spiro atoms. The Balaban J connectivity index is 1.63. The number of hydrogen-bond acceptors (Lipinski definition) is 6. The average molecular weight is 372 g/mol. The van der Waals surface area contributed by atoms with Gasteiger partial charge < -0.3 is 15.0 Å². The third kappa shape index (κ3) is 4.68. The topological polar surface area (TPSA) is 102 Å². The number of pyridine rings is 1. The zero-order valence-electron chi connectivity index (χ0n) is 15.6. The highest BCUT2D eigenvalue weighted by Crippen LogP contribution is 2.21. The number of aromatic nitrogens is 4. The molecule has 0 radical (unpaired) electrons. The van der Waals surface area contributed by atoms with Crippen LogP contribution >= 0.6 is 0 Å². The number of carbonyl (C=O) groups is 2. The number of methoxy groups -OCH3 is 1. The van der Waals surface area contributed by atoms with Gasteiger partial charge in [-0.05, 0) is 31.4 Å². The number of hydrogen-bond donors (Lipinski definition) is 1. The molecular weight excluding hydrogens is 348 g/mol. The molecule has 0 bridgehead atoms. The SMILES string of the molecule is COCCNC(=O)c1cn(C[C@@H]2CCCN2C(=O)c2cncc(C)c2)nn1. The van der Waals surface area contributed by atoms with E-state index in [2.05, 4.69) is 20.6 Å². The Kier molecular flexibility index (Phi) is 6.12. The molecule has 0 saturated carbocycles. The van der Waals surface area contributed by atoms with Gasteiger partial charge in [0.15, 0.2) is 5.69 Å². The quantitative estimate of drug-likeness (QED) is 0.717. The van der Waals surface area contributed by atoms with Crippen LogP contribution in [0.3, 0.4) is 0 Å². The van der Waals surface area contributed by atoms with Gasteiger partial charge in [0.05, 0.1) is 31.0 Å². The predicted molar refractivity (Wildman–Crippen MR) is 97.3 cm³/mol. The summed E-state index contributed by atoms with van der Waals surface area (Å²) in [5.74, 6) is -0.310. The van der Waals surface area contributed by atoms with Gasteiger partial charge in [0, 0.05) is 32.6 Å². The summed E-state index contributed by atoms with van der Waals surface area (Å²) in [7, 11) is 1.57. The van der Waals surface area contributed by atoms with Crippen molar-refractivity contribution >= 4 is 11.8 Å². The highest BCUT2D eigenvalue weighted by molar-refractivity contribution is 5.94. The van der Waals surface area contributed by atoms with Gasteiger partial charge in [-0.2, -0.15) is 0 Å². The molecule has 0 unspecified atom stereocenters. The Morgan fingerprint density at radius 3 is 3.00 bits per heavy atom. The summed E-state index contributed by atoms with van der Waals surface area (Å²) in [5, 5.41) is 10.7. The van der Waals surface area contributed by atoms with Crippen LogP contribution in [0.2, 0.25) is 0 Å². The van der Waals surface area contributed by atoms with Gasteiger partial charge in [0.25, 0.3) is 11.8 Å². The van der Waals surface area contributed by atoms with Crippen LogP contribution in [0.5, 0.6) is 0 Å². The Bertz CT molecular complexity index is 806. The van der Waals surface area contributed by atoms with Crippen LogP contribution in [0, 0.1) is 6.92 Å². The molecule has 1 atom stereocenters. The van der Waals surface area contributed by atoms with Crippen LogP contribution in [0.4, 0.5) is 0 Å². The molecule has 0 aliphatic carbocycles. The first kappa shape index (κ1) is 19.0. The van der Waals surface area contributed by atoms with Gasteiger partial charge in [-0.1, -0.05) is 5.21 Å². The third-order valence-electron chi connectivity index (χ3n) is 4.52. The smallest absolute Gasteiger partial charge is 0.273 e. The maximum absolute atomic E-state index is 12.8. The number of nitrogens with one attached hydrogen (secondary N) is 1. The zero-order chi connectivity index (χ0) is 19.2. The molecule has 27 heavy (non-hydrogen) atoms. The first-order valence-electron chi connectivity index (χ1n) is 8.98. The number of ether oxygens (including phenoxy) is 1. The molecule has 144 valence electrons. The van der Waals surface area contributed by atoms with Gasteiger partial charge in [-0.3, -0.25) is 14.6 Å². The molecule has 1 aliphatic rings. The standard InChI is InChI=1S/C18H24N6O3/c1-13-8-14(10-19-9-13)18(26)24-6-3-4-15(24)11-23-12-16(21-22-23)17(25)20-5-7-27-2/h8-10,12,15H,3-7,11H2,1-2H3,(H,20,25)/t15-/m0/s1. The maximum Gasteiger partial charge on any atom is 0.273 e. The number of likely N-dealkylation sites (tertiary alicyclic amines) is 1. The molecular formula is C18H24N6O3. The molecule has 1 fully saturated rings.